The van der Waals surface area contributed by atoms with Crippen LogP contribution >= 0.6 is 11.8 Å². The Hall–Kier alpha value is -1.86. The molecule has 1 aliphatic rings. The molecule has 3 rings (SSSR count). The molecule has 2 N–H and O–H groups in total. The van der Waals surface area contributed by atoms with Crippen LogP contribution in [0.25, 0.3) is 0 Å². The second-order valence-electron chi connectivity index (χ2n) is 5.64. The molecular weight excluding hydrogens is 312 g/mol. The number of aryl methyl sites for hydroxylation is 2. The number of ether oxygens (including phenoxy) is 1. The first kappa shape index (κ1) is 16.0. The average Bonchev–Trinajstić information content (AvgIpc) is 3.19. The van der Waals surface area contributed by atoms with Crippen molar-refractivity contribution in [3.05, 3.63) is 35.2 Å². The second kappa shape index (κ2) is 7.14. The lowest BCUT2D eigenvalue weighted by Crippen LogP contribution is -2.14. The minimum Gasteiger partial charge on any atom is -0.370 e. The molecule has 1 atom stereocenters. The lowest BCUT2D eigenvalue weighted by molar-refractivity contribution is -0.113. The molecule has 0 spiro atoms. The normalized spacial score (nSPS) is 17.4. The van der Waals surface area contributed by atoms with Crippen molar-refractivity contribution < 1.29 is 9.53 Å². The SMILES string of the molecule is Cc1ccc(NC(=O)CSc2n[nH]c([C@@H]3CCCO3)n2)cc1C. The molecule has 2 heterocycles. The number of rotatable bonds is 5. The lowest BCUT2D eigenvalue weighted by atomic mass is 10.1. The summed E-state index contributed by atoms with van der Waals surface area (Å²) in [6.45, 7) is 4.85. The van der Waals surface area contributed by atoms with Crippen LogP contribution in [-0.4, -0.2) is 33.4 Å². The summed E-state index contributed by atoms with van der Waals surface area (Å²) in [6.07, 6.45) is 2.03. The molecule has 0 saturated carbocycles. The largest absolute Gasteiger partial charge is 0.370 e. The minimum absolute atomic E-state index is 0.0150. The van der Waals surface area contributed by atoms with Gasteiger partial charge in [0.25, 0.3) is 0 Å². The maximum atomic E-state index is 12.0. The molecular formula is C16H20N4O2S. The molecule has 1 aromatic heterocycles. The second-order valence-corrected chi connectivity index (χ2v) is 6.58. The zero-order valence-corrected chi connectivity index (χ0v) is 14.1. The predicted octanol–water partition coefficient (Wildman–Crippen LogP) is 3.00. The van der Waals surface area contributed by atoms with Gasteiger partial charge in [0.15, 0.2) is 5.82 Å². The van der Waals surface area contributed by atoms with Crippen molar-refractivity contribution >= 4 is 23.4 Å². The topological polar surface area (TPSA) is 79.9 Å². The first-order valence-electron chi connectivity index (χ1n) is 7.65. The number of hydrogen-bond acceptors (Lipinski definition) is 5. The summed E-state index contributed by atoms with van der Waals surface area (Å²) in [5.74, 6) is 0.955. The van der Waals surface area contributed by atoms with Gasteiger partial charge in [0.05, 0.1) is 5.75 Å². The molecule has 1 aliphatic heterocycles. The third kappa shape index (κ3) is 4.11. The van der Waals surface area contributed by atoms with Crippen molar-refractivity contribution in [3.8, 4) is 0 Å². The van der Waals surface area contributed by atoms with Gasteiger partial charge in [-0.1, -0.05) is 17.8 Å². The van der Waals surface area contributed by atoms with Crippen LogP contribution in [0.15, 0.2) is 23.4 Å². The van der Waals surface area contributed by atoms with Crippen molar-refractivity contribution in [2.24, 2.45) is 0 Å². The number of nitrogens with one attached hydrogen (secondary N) is 2. The lowest BCUT2D eigenvalue weighted by Gasteiger charge is -2.06. The van der Waals surface area contributed by atoms with Gasteiger partial charge in [0.1, 0.15) is 6.10 Å². The fourth-order valence-electron chi connectivity index (χ4n) is 2.41. The summed E-state index contributed by atoms with van der Waals surface area (Å²) >= 11 is 1.31. The van der Waals surface area contributed by atoms with Gasteiger partial charge in [-0.2, -0.15) is 0 Å². The van der Waals surface area contributed by atoms with Gasteiger partial charge in [-0.05, 0) is 49.9 Å². The summed E-state index contributed by atoms with van der Waals surface area (Å²) in [6, 6.07) is 5.88. The van der Waals surface area contributed by atoms with E-state index in [0.717, 1.165) is 36.5 Å². The van der Waals surface area contributed by atoms with Gasteiger partial charge in [0, 0.05) is 12.3 Å². The monoisotopic (exact) mass is 332 g/mol. The van der Waals surface area contributed by atoms with Crippen LogP contribution in [-0.2, 0) is 9.53 Å². The van der Waals surface area contributed by atoms with Crippen LogP contribution in [0.4, 0.5) is 5.69 Å². The van der Waals surface area contributed by atoms with E-state index in [4.69, 9.17) is 4.74 Å². The molecule has 6 nitrogen and oxygen atoms in total. The number of thioether (sulfide) groups is 1. The highest BCUT2D eigenvalue weighted by Gasteiger charge is 2.21. The van der Waals surface area contributed by atoms with Gasteiger partial charge in [-0.15, -0.1) is 5.10 Å². The zero-order chi connectivity index (χ0) is 16.2. The van der Waals surface area contributed by atoms with Crippen LogP contribution in [0, 0.1) is 13.8 Å². The van der Waals surface area contributed by atoms with E-state index in [-0.39, 0.29) is 17.8 Å². The number of aromatic nitrogens is 3. The quantitative estimate of drug-likeness (QED) is 0.823. The number of nitrogens with zero attached hydrogens (tertiary/aromatic N) is 2. The standard InChI is InChI=1S/C16H20N4O2S/c1-10-5-6-12(8-11(10)2)17-14(21)9-23-16-18-15(19-20-16)13-4-3-7-22-13/h5-6,8,13H,3-4,7,9H2,1-2H3,(H,17,21)(H,18,19,20)/t13-/m0/s1. The molecule has 2 aromatic rings. The Kier molecular flexibility index (Phi) is 4.97. The van der Waals surface area contributed by atoms with Gasteiger partial charge in [-0.3, -0.25) is 9.89 Å². The number of carbonyl (C=O) groups is 1. The van der Waals surface area contributed by atoms with Gasteiger partial charge in [-0.25, -0.2) is 4.98 Å². The number of hydrogen-bond donors (Lipinski definition) is 2. The molecule has 1 aromatic carbocycles. The highest BCUT2D eigenvalue weighted by molar-refractivity contribution is 7.99. The van der Waals surface area contributed by atoms with Crippen LogP contribution in [0.1, 0.15) is 35.9 Å². The van der Waals surface area contributed by atoms with Crippen molar-refractivity contribution in [2.45, 2.75) is 37.9 Å². The first-order chi connectivity index (χ1) is 11.1. The first-order valence-corrected chi connectivity index (χ1v) is 8.64. The molecule has 1 amide bonds. The molecule has 7 heteroatoms. The van der Waals surface area contributed by atoms with Crippen molar-refractivity contribution in [1.29, 1.82) is 0 Å². The van der Waals surface area contributed by atoms with E-state index in [1.54, 1.807) is 0 Å². The number of benzene rings is 1. The van der Waals surface area contributed by atoms with Gasteiger partial charge < -0.3 is 10.1 Å². The van der Waals surface area contributed by atoms with E-state index < -0.39 is 0 Å². The van der Waals surface area contributed by atoms with Crippen LogP contribution in [0.3, 0.4) is 0 Å². The van der Waals surface area contributed by atoms with Crippen LogP contribution in [0.5, 0.6) is 0 Å². The van der Waals surface area contributed by atoms with Crippen LogP contribution < -0.4 is 5.32 Å². The predicted molar refractivity (Wildman–Crippen MR) is 89.6 cm³/mol. The maximum absolute atomic E-state index is 12.0. The minimum atomic E-state index is -0.0679. The smallest absolute Gasteiger partial charge is 0.234 e. The molecule has 0 bridgehead atoms. The molecule has 1 saturated heterocycles. The third-order valence-corrected chi connectivity index (χ3v) is 4.69. The fourth-order valence-corrected chi connectivity index (χ4v) is 3.01. The molecule has 0 radical (unpaired) electrons. The summed E-state index contributed by atoms with van der Waals surface area (Å²) < 4.78 is 5.56. The Morgan fingerprint density at radius 2 is 2.30 bits per heavy atom. The summed E-state index contributed by atoms with van der Waals surface area (Å²) in [7, 11) is 0. The highest BCUT2D eigenvalue weighted by Crippen LogP contribution is 2.27. The molecule has 1 fully saturated rings. The van der Waals surface area contributed by atoms with Crippen LogP contribution in [0.2, 0.25) is 0 Å². The number of anilines is 1. The van der Waals surface area contributed by atoms with Crippen molar-refractivity contribution in [1.82, 2.24) is 15.2 Å². The average molecular weight is 332 g/mol. The maximum Gasteiger partial charge on any atom is 0.234 e. The molecule has 0 unspecified atom stereocenters. The zero-order valence-electron chi connectivity index (χ0n) is 13.3. The number of H-pyrrole nitrogens is 1. The Labute approximate surface area is 139 Å². The summed E-state index contributed by atoms with van der Waals surface area (Å²) in [5.41, 5.74) is 3.18. The number of amides is 1. The Morgan fingerprint density at radius 3 is 3.04 bits per heavy atom. The van der Waals surface area contributed by atoms with Gasteiger partial charge >= 0.3 is 0 Å². The van der Waals surface area contributed by atoms with E-state index in [1.807, 2.05) is 32.0 Å². The number of carbonyl (C=O) groups excluding carboxylic acids is 1. The highest BCUT2D eigenvalue weighted by atomic mass is 32.2. The fraction of sp³-hybridized carbons (Fsp3) is 0.438. The van der Waals surface area contributed by atoms with Gasteiger partial charge in [0.2, 0.25) is 11.1 Å². The Bertz CT molecular complexity index is 695. The van der Waals surface area contributed by atoms with E-state index in [1.165, 1.54) is 17.3 Å². The Balaban J connectivity index is 1.51. The van der Waals surface area contributed by atoms with E-state index in [2.05, 4.69) is 20.5 Å². The van der Waals surface area contributed by atoms with E-state index in [9.17, 15) is 4.79 Å². The Morgan fingerprint density at radius 1 is 1.43 bits per heavy atom. The van der Waals surface area contributed by atoms with Crippen molar-refractivity contribution in [3.63, 3.8) is 0 Å². The van der Waals surface area contributed by atoms with Crippen molar-refractivity contribution in [2.75, 3.05) is 17.7 Å². The molecule has 122 valence electrons. The number of aromatic amines is 1. The molecule has 23 heavy (non-hydrogen) atoms. The molecule has 0 aliphatic carbocycles. The van der Waals surface area contributed by atoms with E-state index >= 15 is 0 Å². The summed E-state index contributed by atoms with van der Waals surface area (Å²) in [4.78, 5) is 16.4. The third-order valence-electron chi connectivity index (χ3n) is 3.84. The van der Waals surface area contributed by atoms with E-state index in [0.29, 0.717) is 5.16 Å². The summed E-state index contributed by atoms with van der Waals surface area (Å²) in [5, 5.41) is 10.5.